The minimum atomic E-state index is -4.57. The first-order valence-electron chi connectivity index (χ1n) is 4.75. The molecule has 0 radical (unpaired) electrons. The second-order valence-electron chi connectivity index (χ2n) is 3.26. The third-order valence-electron chi connectivity index (χ3n) is 2.02. The molecule has 0 aliphatic carbocycles. The van der Waals surface area contributed by atoms with E-state index in [0.29, 0.717) is 6.39 Å². The molecule has 0 amide bonds. The molecule has 2 rings (SSSR count). The Labute approximate surface area is 94.8 Å². The average Bonchev–Trinajstić information content (AvgIpc) is 2.75. The van der Waals surface area contributed by atoms with Gasteiger partial charge in [0.05, 0.1) is 0 Å². The predicted molar refractivity (Wildman–Crippen MR) is 52.3 cm³/mol. The van der Waals surface area contributed by atoms with Gasteiger partial charge in [0.1, 0.15) is 6.61 Å². The number of rotatable bonds is 3. The molecule has 17 heavy (non-hydrogen) atoms. The van der Waals surface area contributed by atoms with Crippen molar-refractivity contribution in [2.24, 2.45) is 0 Å². The Morgan fingerprint density at radius 1 is 1.18 bits per heavy atom. The lowest BCUT2D eigenvalue weighted by Crippen LogP contribution is -2.08. The molecule has 0 aliphatic rings. The zero-order valence-electron chi connectivity index (χ0n) is 8.57. The fourth-order valence-electron chi connectivity index (χ4n) is 1.25. The van der Waals surface area contributed by atoms with E-state index in [2.05, 4.69) is 9.40 Å². The number of aromatic nitrogens is 1. The Morgan fingerprint density at radius 2 is 1.88 bits per heavy atom. The number of halogens is 3. The first kappa shape index (κ1) is 11.5. The zero-order valence-corrected chi connectivity index (χ0v) is 8.57. The molecule has 6 heteroatoms. The quantitative estimate of drug-likeness (QED) is 0.829. The minimum Gasteiger partial charge on any atom is -0.459 e. The molecule has 0 N–H and O–H groups in total. The first-order chi connectivity index (χ1) is 8.07. The lowest BCUT2D eigenvalue weighted by Gasteiger charge is -2.06. The molecule has 0 atom stereocenters. The summed E-state index contributed by atoms with van der Waals surface area (Å²) in [5.41, 5.74) is -0.398. The zero-order chi connectivity index (χ0) is 12.3. The number of nitrogens with zero attached hydrogens (tertiary/aromatic N) is 1. The largest absolute Gasteiger partial charge is 0.459 e. The molecule has 0 spiro atoms. The monoisotopic (exact) mass is 243 g/mol. The molecular formula is C11H8F3NO2. The van der Waals surface area contributed by atoms with Crippen molar-refractivity contribution in [3.63, 3.8) is 0 Å². The van der Waals surface area contributed by atoms with Gasteiger partial charge < -0.3 is 9.15 Å². The molecule has 2 aromatic rings. The summed E-state index contributed by atoms with van der Waals surface area (Å²) >= 11 is 0. The van der Waals surface area contributed by atoms with Crippen LogP contribution in [0, 0.1) is 0 Å². The molecular weight excluding hydrogens is 235 g/mol. The Hall–Kier alpha value is -1.98. The summed E-state index contributed by atoms with van der Waals surface area (Å²) in [6.07, 6.45) is -3.86. The summed E-state index contributed by atoms with van der Waals surface area (Å²) in [5, 5.41) is 0. The van der Waals surface area contributed by atoms with E-state index in [9.17, 15) is 13.2 Å². The SMILES string of the molecule is FC(F)(F)c1ncoc1OCc1ccccc1. The minimum absolute atomic E-state index is 0.000880. The maximum absolute atomic E-state index is 12.4. The van der Waals surface area contributed by atoms with Crippen LogP contribution in [0.25, 0.3) is 0 Å². The van der Waals surface area contributed by atoms with Gasteiger partial charge in [-0.05, 0) is 5.56 Å². The van der Waals surface area contributed by atoms with Crippen molar-refractivity contribution >= 4 is 0 Å². The van der Waals surface area contributed by atoms with Gasteiger partial charge in [-0.25, -0.2) is 4.98 Å². The first-order valence-corrected chi connectivity index (χ1v) is 4.75. The molecule has 0 bridgehead atoms. The van der Waals surface area contributed by atoms with Crippen LogP contribution in [0.15, 0.2) is 41.1 Å². The number of ether oxygens (including phenoxy) is 1. The molecule has 3 nitrogen and oxygen atoms in total. The highest BCUT2D eigenvalue weighted by Crippen LogP contribution is 2.35. The molecule has 90 valence electrons. The van der Waals surface area contributed by atoms with Crippen LogP contribution < -0.4 is 4.74 Å². The number of hydrogen-bond donors (Lipinski definition) is 0. The van der Waals surface area contributed by atoms with Crippen LogP contribution in [-0.4, -0.2) is 4.98 Å². The van der Waals surface area contributed by atoms with Gasteiger partial charge in [0, 0.05) is 0 Å². The van der Waals surface area contributed by atoms with Crippen molar-refractivity contribution in [1.29, 1.82) is 0 Å². The molecule has 0 saturated heterocycles. The Bertz CT molecular complexity index is 479. The fraction of sp³-hybridized carbons (Fsp3) is 0.182. The standard InChI is InChI=1S/C11H8F3NO2/c12-11(13,14)9-10(17-7-15-9)16-6-8-4-2-1-3-5-8/h1-5,7H,6H2. The second kappa shape index (κ2) is 4.48. The molecule has 0 fully saturated rings. The van der Waals surface area contributed by atoms with Gasteiger partial charge in [-0.15, -0.1) is 0 Å². The van der Waals surface area contributed by atoms with E-state index in [1.807, 2.05) is 0 Å². The number of hydrogen-bond acceptors (Lipinski definition) is 3. The number of oxazole rings is 1. The van der Waals surface area contributed by atoms with Crippen LogP contribution in [-0.2, 0) is 12.8 Å². The summed E-state index contributed by atoms with van der Waals surface area (Å²) in [7, 11) is 0. The van der Waals surface area contributed by atoms with E-state index >= 15 is 0 Å². The highest BCUT2D eigenvalue weighted by molar-refractivity contribution is 5.19. The number of benzene rings is 1. The topological polar surface area (TPSA) is 35.3 Å². The van der Waals surface area contributed by atoms with Crippen molar-refractivity contribution < 1.29 is 22.3 Å². The van der Waals surface area contributed by atoms with E-state index < -0.39 is 17.8 Å². The Kier molecular flexibility index (Phi) is 3.03. The third-order valence-corrected chi connectivity index (χ3v) is 2.02. The van der Waals surface area contributed by atoms with E-state index in [1.165, 1.54) is 0 Å². The number of alkyl halides is 3. The van der Waals surface area contributed by atoms with Crippen LogP contribution >= 0.6 is 0 Å². The predicted octanol–water partition coefficient (Wildman–Crippen LogP) is 3.27. The molecule has 1 aromatic carbocycles. The summed E-state index contributed by atoms with van der Waals surface area (Å²) < 4.78 is 46.7. The van der Waals surface area contributed by atoms with E-state index in [4.69, 9.17) is 4.74 Å². The van der Waals surface area contributed by atoms with E-state index in [1.54, 1.807) is 30.3 Å². The van der Waals surface area contributed by atoms with Crippen molar-refractivity contribution in [1.82, 2.24) is 4.98 Å². The lowest BCUT2D eigenvalue weighted by molar-refractivity contribution is -0.143. The summed E-state index contributed by atoms with van der Waals surface area (Å²) in [6.45, 7) is -0.000880. The van der Waals surface area contributed by atoms with Crippen molar-refractivity contribution in [3.8, 4) is 5.95 Å². The van der Waals surface area contributed by atoms with E-state index in [-0.39, 0.29) is 6.61 Å². The lowest BCUT2D eigenvalue weighted by atomic mass is 10.2. The summed E-state index contributed by atoms with van der Waals surface area (Å²) in [4.78, 5) is 3.08. The van der Waals surface area contributed by atoms with Crippen LogP contribution in [0.5, 0.6) is 5.95 Å². The van der Waals surface area contributed by atoms with Crippen LogP contribution in [0.4, 0.5) is 13.2 Å². The molecule has 1 heterocycles. The third kappa shape index (κ3) is 2.77. The Balaban J connectivity index is 2.08. The van der Waals surface area contributed by atoms with Crippen LogP contribution in [0.3, 0.4) is 0 Å². The normalized spacial score (nSPS) is 11.5. The van der Waals surface area contributed by atoms with Crippen molar-refractivity contribution in [2.45, 2.75) is 12.8 Å². The highest BCUT2D eigenvalue weighted by Gasteiger charge is 2.39. The molecule has 0 aliphatic heterocycles. The summed E-state index contributed by atoms with van der Waals surface area (Å²) in [6, 6.07) is 8.82. The van der Waals surface area contributed by atoms with Gasteiger partial charge in [-0.2, -0.15) is 13.2 Å². The molecule has 1 aromatic heterocycles. The Morgan fingerprint density at radius 3 is 2.53 bits per heavy atom. The van der Waals surface area contributed by atoms with Gasteiger partial charge in [-0.3, -0.25) is 0 Å². The molecule has 0 unspecified atom stereocenters. The maximum Gasteiger partial charge on any atom is 0.440 e. The van der Waals surface area contributed by atoms with Crippen molar-refractivity contribution in [2.75, 3.05) is 0 Å². The van der Waals surface area contributed by atoms with E-state index in [0.717, 1.165) is 5.56 Å². The molecule has 0 saturated carbocycles. The van der Waals surface area contributed by atoms with Gasteiger partial charge in [0.25, 0.3) is 0 Å². The average molecular weight is 243 g/mol. The highest BCUT2D eigenvalue weighted by atomic mass is 19.4. The van der Waals surface area contributed by atoms with Crippen LogP contribution in [0.2, 0.25) is 0 Å². The van der Waals surface area contributed by atoms with Crippen molar-refractivity contribution in [3.05, 3.63) is 48.0 Å². The van der Waals surface area contributed by atoms with Gasteiger partial charge >= 0.3 is 12.1 Å². The fourth-order valence-corrected chi connectivity index (χ4v) is 1.25. The maximum atomic E-state index is 12.4. The van der Waals surface area contributed by atoms with Gasteiger partial charge in [-0.1, -0.05) is 30.3 Å². The van der Waals surface area contributed by atoms with Crippen LogP contribution in [0.1, 0.15) is 11.3 Å². The second-order valence-corrected chi connectivity index (χ2v) is 3.26. The smallest absolute Gasteiger partial charge is 0.440 e. The summed E-state index contributed by atoms with van der Waals surface area (Å²) in [5.74, 6) is -0.610. The van der Waals surface area contributed by atoms with Gasteiger partial charge in [0.15, 0.2) is 6.39 Å². The van der Waals surface area contributed by atoms with Gasteiger partial charge in [0.2, 0.25) is 5.69 Å².